The van der Waals surface area contributed by atoms with Crippen LogP contribution in [0.5, 0.6) is 0 Å². The first-order valence-corrected chi connectivity index (χ1v) is 6.91. The molecule has 1 aromatic rings. The van der Waals surface area contributed by atoms with Crippen LogP contribution in [-0.4, -0.2) is 40.7 Å². The van der Waals surface area contributed by atoms with Gasteiger partial charge in [0.25, 0.3) is 0 Å². The molecule has 0 fully saturated rings. The summed E-state index contributed by atoms with van der Waals surface area (Å²) in [4.78, 5) is 24.3. The van der Waals surface area contributed by atoms with Gasteiger partial charge >= 0.3 is 5.97 Å². The van der Waals surface area contributed by atoms with E-state index in [4.69, 9.17) is 5.11 Å². The first-order valence-electron chi connectivity index (χ1n) is 5.93. The fourth-order valence-electron chi connectivity index (χ4n) is 1.60. The molecule has 0 saturated carbocycles. The Hall–Kier alpha value is -1.63. The van der Waals surface area contributed by atoms with Gasteiger partial charge in [-0.2, -0.15) is 0 Å². The van der Waals surface area contributed by atoms with E-state index in [9.17, 15) is 18.4 Å². The number of hydrogen-bond acceptors (Lipinski definition) is 3. The van der Waals surface area contributed by atoms with E-state index in [1.165, 1.54) is 13.1 Å². The van der Waals surface area contributed by atoms with Crippen LogP contribution in [-0.2, 0) is 9.59 Å². The van der Waals surface area contributed by atoms with Gasteiger partial charge in [-0.25, -0.2) is 13.6 Å². The largest absolute Gasteiger partial charge is 0.480 e. The van der Waals surface area contributed by atoms with Gasteiger partial charge in [0, 0.05) is 11.9 Å². The summed E-state index contributed by atoms with van der Waals surface area (Å²) in [5.41, 5.74) is 0. The molecule has 0 aromatic heterocycles. The summed E-state index contributed by atoms with van der Waals surface area (Å²) in [6, 6.07) is 2.47. The molecule has 1 rings (SSSR count). The zero-order chi connectivity index (χ0) is 15.3. The van der Waals surface area contributed by atoms with Crippen LogP contribution in [0.4, 0.5) is 8.78 Å². The normalized spacial score (nSPS) is 12.0. The molecule has 0 aliphatic rings. The summed E-state index contributed by atoms with van der Waals surface area (Å²) in [7, 11) is 1.41. The van der Waals surface area contributed by atoms with Crippen molar-refractivity contribution < 1.29 is 23.5 Å². The minimum absolute atomic E-state index is 0.0364. The van der Waals surface area contributed by atoms with Crippen molar-refractivity contribution in [2.45, 2.75) is 24.3 Å². The summed E-state index contributed by atoms with van der Waals surface area (Å²) < 4.78 is 25.7. The quantitative estimate of drug-likeness (QED) is 0.820. The van der Waals surface area contributed by atoms with Gasteiger partial charge in [-0.05, 0) is 24.6 Å². The number of aliphatic carboxylic acids is 1. The van der Waals surface area contributed by atoms with Crippen molar-refractivity contribution >= 4 is 23.6 Å². The smallest absolute Gasteiger partial charge is 0.326 e. The number of rotatable bonds is 6. The SMILES string of the molecule is CCC(C(=O)O)N(C)C(=O)CSc1ccc(F)c(F)c1. The van der Waals surface area contributed by atoms with Crippen molar-refractivity contribution in [2.24, 2.45) is 0 Å². The van der Waals surface area contributed by atoms with Crippen LogP contribution >= 0.6 is 11.8 Å². The van der Waals surface area contributed by atoms with Crippen LogP contribution in [0.15, 0.2) is 23.1 Å². The lowest BCUT2D eigenvalue weighted by Crippen LogP contribution is -2.42. The van der Waals surface area contributed by atoms with Crippen LogP contribution < -0.4 is 0 Å². The first-order chi connectivity index (χ1) is 9.36. The van der Waals surface area contributed by atoms with Crippen LogP contribution in [0.3, 0.4) is 0 Å². The lowest BCUT2D eigenvalue weighted by atomic mass is 10.2. The average molecular weight is 303 g/mol. The Bertz CT molecular complexity index is 510. The van der Waals surface area contributed by atoms with Crippen molar-refractivity contribution in [1.82, 2.24) is 4.90 Å². The van der Waals surface area contributed by atoms with Crippen molar-refractivity contribution in [3.05, 3.63) is 29.8 Å². The van der Waals surface area contributed by atoms with Crippen molar-refractivity contribution in [3.8, 4) is 0 Å². The van der Waals surface area contributed by atoms with Gasteiger partial charge in [0.15, 0.2) is 11.6 Å². The van der Waals surface area contributed by atoms with E-state index >= 15 is 0 Å². The second kappa shape index (κ2) is 7.23. The number of halogens is 2. The van der Waals surface area contributed by atoms with E-state index in [2.05, 4.69) is 0 Å². The molecule has 110 valence electrons. The third-order valence-corrected chi connectivity index (χ3v) is 3.76. The van der Waals surface area contributed by atoms with E-state index in [-0.39, 0.29) is 11.7 Å². The Labute approximate surface area is 119 Å². The number of carboxylic acids is 1. The summed E-state index contributed by atoms with van der Waals surface area (Å²) in [6.45, 7) is 1.67. The van der Waals surface area contributed by atoms with E-state index in [0.717, 1.165) is 28.8 Å². The molecule has 1 aromatic carbocycles. The van der Waals surface area contributed by atoms with E-state index in [0.29, 0.717) is 11.3 Å². The maximum atomic E-state index is 13.0. The molecule has 1 atom stereocenters. The monoisotopic (exact) mass is 303 g/mol. The highest BCUT2D eigenvalue weighted by Crippen LogP contribution is 2.21. The Morgan fingerprint density at radius 3 is 2.50 bits per heavy atom. The molecule has 0 radical (unpaired) electrons. The molecule has 7 heteroatoms. The number of benzene rings is 1. The molecule has 0 bridgehead atoms. The maximum Gasteiger partial charge on any atom is 0.326 e. The zero-order valence-electron chi connectivity index (χ0n) is 11.1. The second-order valence-corrected chi connectivity index (χ2v) is 5.18. The van der Waals surface area contributed by atoms with Crippen molar-refractivity contribution in [1.29, 1.82) is 0 Å². The lowest BCUT2D eigenvalue weighted by Gasteiger charge is -2.23. The van der Waals surface area contributed by atoms with E-state index < -0.39 is 23.6 Å². The Morgan fingerprint density at radius 2 is 2.00 bits per heavy atom. The standard InChI is InChI=1S/C13H15F2NO3S/c1-3-11(13(18)19)16(2)12(17)7-20-8-4-5-9(14)10(15)6-8/h4-6,11H,3,7H2,1-2H3,(H,18,19). The molecule has 0 saturated heterocycles. The second-order valence-electron chi connectivity index (χ2n) is 4.13. The van der Waals surface area contributed by atoms with Gasteiger partial charge in [-0.1, -0.05) is 6.92 Å². The third-order valence-electron chi connectivity index (χ3n) is 2.79. The highest BCUT2D eigenvalue weighted by molar-refractivity contribution is 8.00. The third kappa shape index (κ3) is 4.19. The molecule has 1 amide bonds. The first kappa shape index (κ1) is 16.4. The molecular formula is C13H15F2NO3S. The van der Waals surface area contributed by atoms with Crippen LogP contribution in [0.1, 0.15) is 13.3 Å². The van der Waals surface area contributed by atoms with Gasteiger partial charge < -0.3 is 10.0 Å². The highest BCUT2D eigenvalue weighted by atomic mass is 32.2. The lowest BCUT2D eigenvalue weighted by molar-refractivity contribution is -0.148. The number of carboxylic acid groups (broad SMARTS) is 1. The molecule has 0 heterocycles. The van der Waals surface area contributed by atoms with E-state index in [1.54, 1.807) is 6.92 Å². The molecule has 20 heavy (non-hydrogen) atoms. The zero-order valence-corrected chi connectivity index (χ0v) is 11.9. The Kier molecular flexibility index (Phi) is 5.94. The molecular weight excluding hydrogens is 288 g/mol. The minimum Gasteiger partial charge on any atom is -0.480 e. The number of hydrogen-bond donors (Lipinski definition) is 1. The summed E-state index contributed by atoms with van der Waals surface area (Å²) in [5, 5.41) is 8.95. The molecule has 0 aliphatic heterocycles. The Balaban J connectivity index is 2.62. The fourth-order valence-corrected chi connectivity index (χ4v) is 2.45. The summed E-state index contributed by atoms with van der Waals surface area (Å²) >= 11 is 1.03. The van der Waals surface area contributed by atoms with Gasteiger partial charge in [-0.15, -0.1) is 11.8 Å². The van der Waals surface area contributed by atoms with E-state index in [1.807, 2.05) is 0 Å². The van der Waals surface area contributed by atoms with Gasteiger partial charge in [0.1, 0.15) is 6.04 Å². The van der Waals surface area contributed by atoms with Gasteiger partial charge in [-0.3, -0.25) is 4.79 Å². The van der Waals surface area contributed by atoms with Crippen LogP contribution in [0.25, 0.3) is 0 Å². The maximum absolute atomic E-state index is 13.0. The van der Waals surface area contributed by atoms with Crippen molar-refractivity contribution in [2.75, 3.05) is 12.8 Å². The number of likely N-dealkylation sites (N-methyl/N-ethyl adjacent to an activating group) is 1. The fraction of sp³-hybridized carbons (Fsp3) is 0.385. The predicted molar refractivity (Wildman–Crippen MR) is 71.6 cm³/mol. The predicted octanol–water partition coefficient (Wildman–Crippen LogP) is 2.38. The van der Waals surface area contributed by atoms with Crippen LogP contribution in [0, 0.1) is 11.6 Å². The number of amides is 1. The number of carbonyl (C=O) groups excluding carboxylic acids is 1. The topological polar surface area (TPSA) is 57.6 Å². The average Bonchev–Trinajstić information content (AvgIpc) is 2.40. The van der Waals surface area contributed by atoms with Gasteiger partial charge in [0.05, 0.1) is 5.75 Å². The minimum atomic E-state index is -1.07. The number of thioether (sulfide) groups is 1. The molecule has 4 nitrogen and oxygen atoms in total. The molecule has 1 unspecified atom stereocenters. The van der Waals surface area contributed by atoms with Crippen molar-refractivity contribution in [3.63, 3.8) is 0 Å². The summed E-state index contributed by atoms with van der Waals surface area (Å²) in [5.74, 6) is -3.41. The van der Waals surface area contributed by atoms with Gasteiger partial charge in [0.2, 0.25) is 5.91 Å². The summed E-state index contributed by atoms with van der Waals surface area (Å²) in [6.07, 6.45) is 0.299. The molecule has 0 aliphatic carbocycles. The number of nitrogens with zero attached hydrogens (tertiary/aromatic N) is 1. The Morgan fingerprint density at radius 1 is 1.35 bits per heavy atom. The van der Waals surface area contributed by atoms with Crippen LogP contribution in [0.2, 0.25) is 0 Å². The molecule has 1 N–H and O–H groups in total. The highest BCUT2D eigenvalue weighted by Gasteiger charge is 2.24. The molecule has 0 spiro atoms. The number of carbonyl (C=O) groups is 2.